The number of anilines is 1. The van der Waals surface area contributed by atoms with Crippen LogP contribution in [0.25, 0.3) is 0 Å². The Morgan fingerprint density at radius 2 is 2.09 bits per heavy atom. The monoisotopic (exact) mass is 503 g/mol. The Morgan fingerprint density at radius 1 is 1.29 bits per heavy atom. The number of hydrogen-bond acceptors (Lipinski definition) is 7. The van der Waals surface area contributed by atoms with Gasteiger partial charge in [0.05, 0.1) is 6.61 Å². The van der Waals surface area contributed by atoms with Gasteiger partial charge in [0.1, 0.15) is 17.0 Å². The van der Waals surface area contributed by atoms with E-state index in [1.807, 2.05) is 0 Å². The molecule has 2 N–H and O–H groups in total. The highest BCUT2D eigenvalue weighted by Crippen LogP contribution is 2.35. The molecular weight excluding hydrogens is 481 g/mol. The molecule has 35 heavy (non-hydrogen) atoms. The molecule has 0 unspecified atom stereocenters. The smallest absolute Gasteiger partial charge is 0.276 e. The van der Waals surface area contributed by atoms with Crippen molar-refractivity contribution in [2.75, 3.05) is 25.0 Å². The fourth-order valence-corrected chi connectivity index (χ4v) is 5.84. The number of benzene rings is 1. The highest BCUT2D eigenvalue weighted by Gasteiger charge is 2.42. The molecule has 0 bridgehead atoms. The average Bonchev–Trinajstić information content (AvgIpc) is 3.53. The third-order valence-corrected chi connectivity index (χ3v) is 7.63. The summed E-state index contributed by atoms with van der Waals surface area (Å²) in [6, 6.07) is 3.54. The molecule has 2 atom stereocenters. The molecule has 2 aliphatic rings. The predicted octanol–water partition coefficient (Wildman–Crippen LogP) is 1.52. The Balaban J connectivity index is 1.42. The molecule has 0 saturated carbocycles. The molecule has 11 nitrogen and oxygen atoms in total. The maximum Gasteiger partial charge on any atom is 0.276 e. The Labute approximate surface area is 199 Å². The average molecular weight is 504 g/mol. The van der Waals surface area contributed by atoms with Crippen LogP contribution >= 0.6 is 0 Å². The summed E-state index contributed by atoms with van der Waals surface area (Å²) < 4.78 is 54.8. The van der Waals surface area contributed by atoms with Crippen molar-refractivity contribution in [3.05, 3.63) is 59.8 Å². The summed E-state index contributed by atoms with van der Waals surface area (Å²) in [5.74, 6) is -1.84. The van der Waals surface area contributed by atoms with Gasteiger partial charge in [-0.15, -0.1) is 0 Å². The van der Waals surface area contributed by atoms with E-state index < -0.39 is 27.8 Å². The zero-order chi connectivity index (χ0) is 24.9. The normalized spacial score (nSPS) is 20.8. The van der Waals surface area contributed by atoms with Crippen molar-refractivity contribution < 1.29 is 31.6 Å². The third kappa shape index (κ3) is 4.17. The second-order valence-electron chi connectivity index (χ2n) is 8.58. The van der Waals surface area contributed by atoms with Crippen LogP contribution in [0.15, 0.2) is 46.4 Å². The molecule has 0 spiro atoms. The van der Waals surface area contributed by atoms with Gasteiger partial charge in [0, 0.05) is 44.0 Å². The summed E-state index contributed by atoms with van der Waals surface area (Å²) in [6.45, 7) is 2.01. The Morgan fingerprint density at radius 3 is 2.80 bits per heavy atom. The molecule has 5 rings (SSSR count). The van der Waals surface area contributed by atoms with Crippen LogP contribution in [-0.2, 0) is 17.1 Å². The number of aryl methyl sites for hydroxylation is 2. The molecule has 2 aromatic heterocycles. The van der Waals surface area contributed by atoms with Gasteiger partial charge in [-0.2, -0.15) is 0 Å². The minimum Gasteiger partial charge on any atom is -0.489 e. The van der Waals surface area contributed by atoms with Crippen LogP contribution < -0.4 is 14.8 Å². The van der Waals surface area contributed by atoms with E-state index >= 15 is 0 Å². The largest absolute Gasteiger partial charge is 0.489 e. The SMILES string of the molecule is Cc1cc(NC(=O)c2c3c(cn2C)S(=O)(=O)N[C@H]2CN(C(=O)c4cocn4)C[C@H]2CO3)ccc1F. The maximum absolute atomic E-state index is 13.6. The Kier molecular flexibility index (Phi) is 5.60. The Bertz CT molecular complexity index is 1420. The van der Waals surface area contributed by atoms with Crippen molar-refractivity contribution in [3.8, 4) is 5.75 Å². The van der Waals surface area contributed by atoms with Gasteiger partial charge < -0.3 is 23.9 Å². The van der Waals surface area contributed by atoms with E-state index in [-0.39, 0.29) is 53.6 Å². The summed E-state index contributed by atoms with van der Waals surface area (Å²) in [7, 11) is -2.54. The first-order valence-corrected chi connectivity index (χ1v) is 12.2. The van der Waals surface area contributed by atoms with Crippen molar-refractivity contribution >= 4 is 27.5 Å². The maximum atomic E-state index is 13.6. The molecule has 184 valence electrons. The number of hydrogen-bond donors (Lipinski definition) is 2. The van der Waals surface area contributed by atoms with E-state index in [4.69, 9.17) is 9.15 Å². The number of oxazole rings is 1. The lowest BCUT2D eigenvalue weighted by atomic mass is 10.1. The van der Waals surface area contributed by atoms with E-state index in [9.17, 15) is 22.4 Å². The molecule has 1 aromatic carbocycles. The van der Waals surface area contributed by atoms with E-state index in [0.29, 0.717) is 11.3 Å². The van der Waals surface area contributed by atoms with Crippen molar-refractivity contribution in [1.29, 1.82) is 0 Å². The molecule has 13 heteroatoms. The topological polar surface area (TPSA) is 136 Å². The number of rotatable bonds is 3. The van der Waals surface area contributed by atoms with Crippen molar-refractivity contribution in [1.82, 2.24) is 19.2 Å². The fourth-order valence-electron chi connectivity index (χ4n) is 4.36. The quantitative estimate of drug-likeness (QED) is 0.553. The van der Waals surface area contributed by atoms with Crippen LogP contribution in [0.1, 0.15) is 26.5 Å². The number of fused-ring (bicyclic) bond motifs is 2. The van der Waals surface area contributed by atoms with Crippen molar-refractivity contribution in [2.24, 2.45) is 13.0 Å². The van der Waals surface area contributed by atoms with Crippen molar-refractivity contribution in [3.63, 3.8) is 0 Å². The molecule has 0 radical (unpaired) electrons. The molecule has 2 amide bonds. The van der Waals surface area contributed by atoms with Gasteiger partial charge in [0.15, 0.2) is 23.5 Å². The molecular formula is C22H22FN5O6S. The van der Waals surface area contributed by atoms with Crippen LogP contribution in [0.3, 0.4) is 0 Å². The fraction of sp³-hybridized carbons (Fsp3) is 0.318. The van der Waals surface area contributed by atoms with E-state index in [2.05, 4.69) is 15.0 Å². The first kappa shape index (κ1) is 23.1. The number of halogens is 1. The van der Waals surface area contributed by atoms with Crippen LogP contribution in [0.2, 0.25) is 0 Å². The standard InChI is InChI=1S/C22H22FN5O6S/c1-12-5-14(3-4-15(12)23)25-21(29)19-20-18(8-27(19)2)35(31,32)26-16-7-28(6-13(16)9-34-20)22(30)17-10-33-11-24-17/h3-5,8,10-11,13,16,26H,6-7,9H2,1-2H3,(H,25,29)/t13-,16-/m0/s1. The second-order valence-corrected chi connectivity index (χ2v) is 10.3. The molecule has 1 fully saturated rings. The summed E-state index contributed by atoms with van der Waals surface area (Å²) in [6.07, 6.45) is 3.68. The molecule has 1 saturated heterocycles. The van der Waals surface area contributed by atoms with Gasteiger partial charge in [0.2, 0.25) is 10.0 Å². The van der Waals surface area contributed by atoms with E-state index in [0.717, 1.165) is 6.39 Å². The van der Waals surface area contributed by atoms with Crippen molar-refractivity contribution in [2.45, 2.75) is 17.9 Å². The van der Waals surface area contributed by atoms with Gasteiger partial charge in [-0.25, -0.2) is 22.5 Å². The van der Waals surface area contributed by atoms with Gasteiger partial charge in [-0.1, -0.05) is 0 Å². The third-order valence-electron chi connectivity index (χ3n) is 6.15. The number of nitrogens with zero attached hydrogens (tertiary/aromatic N) is 3. The zero-order valence-electron chi connectivity index (χ0n) is 18.8. The van der Waals surface area contributed by atoms with Crippen LogP contribution in [0, 0.1) is 18.7 Å². The predicted molar refractivity (Wildman–Crippen MR) is 120 cm³/mol. The number of nitrogens with one attached hydrogen (secondary N) is 2. The number of amides is 2. The van der Waals surface area contributed by atoms with Gasteiger partial charge in [-0.05, 0) is 30.7 Å². The summed E-state index contributed by atoms with van der Waals surface area (Å²) in [4.78, 5) is 30.9. The highest BCUT2D eigenvalue weighted by molar-refractivity contribution is 7.89. The summed E-state index contributed by atoms with van der Waals surface area (Å²) >= 11 is 0. The van der Waals surface area contributed by atoms with Gasteiger partial charge in [0.25, 0.3) is 11.8 Å². The summed E-state index contributed by atoms with van der Waals surface area (Å²) in [5.41, 5.74) is 0.833. The highest BCUT2D eigenvalue weighted by atomic mass is 32.2. The van der Waals surface area contributed by atoms with Crippen LogP contribution in [0.4, 0.5) is 10.1 Å². The first-order chi connectivity index (χ1) is 16.6. The number of sulfonamides is 1. The van der Waals surface area contributed by atoms with E-state index in [1.54, 1.807) is 6.92 Å². The Hall–Kier alpha value is -3.71. The lowest BCUT2D eigenvalue weighted by Gasteiger charge is -2.23. The molecule has 0 aliphatic carbocycles. The van der Waals surface area contributed by atoms with Crippen LogP contribution in [-0.4, -0.2) is 60.4 Å². The number of carbonyl (C=O) groups is 2. The lowest BCUT2D eigenvalue weighted by molar-refractivity contribution is 0.0776. The molecule has 2 aliphatic heterocycles. The van der Waals surface area contributed by atoms with Gasteiger partial charge in [-0.3, -0.25) is 9.59 Å². The molecule has 4 heterocycles. The zero-order valence-corrected chi connectivity index (χ0v) is 19.6. The van der Waals surface area contributed by atoms with Gasteiger partial charge >= 0.3 is 0 Å². The van der Waals surface area contributed by atoms with Crippen LogP contribution in [0.5, 0.6) is 5.75 Å². The second kappa shape index (κ2) is 8.50. The number of likely N-dealkylation sites (tertiary alicyclic amines) is 1. The number of carbonyl (C=O) groups excluding carboxylic acids is 2. The lowest BCUT2D eigenvalue weighted by Crippen LogP contribution is -2.43. The number of ether oxygens (including phenoxy) is 1. The summed E-state index contributed by atoms with van der Waals surface area (Å²) in [5, 5.41) is 2.66. The first-order valence-electron chi connectivity index (χ1n) is 10.7. The minimum atomic E-state index is -4.08. The molecule has 3 aromatic rings. The number of aromatic nitrogens is 2. The minimum absolute atomic E-state index is 0.000621. The van der Waals surface area contributed by atoms with E-state index in [1.165, 1.54) is 47.2 Å².